The van der Waals surface area contributed by atoms with Crippen molar-refractivity contribution < 1.29 is 24.2 Å². The molecular formula is C20H28N2O5. The van der Waals surface area contributed by atoms with E-state index in [-0.39, 0.29) is 18.7 Å². The number of hydrogen-bond donors (Lipinski definition) is 2. The Bertz CT molecular complexity index is 673. The smallest absolute Gasteiger partial charge is 0.410 e. The van der Waals surface area contributed by atoms with Crippen molar-refractivity contribution in [2.45, 2.75) is 76.5 Å². The monoisotopic (exact) mass is 376 g/mol. The zero-order chi connectivity index (χ0) is 19.6. The number of carbonyl (C=O) groups excluding carboxylic acids is 2. The van der Waals surface area contributed by atoms with Gasteiger partial charge >= 0.3 is 12.2 Å². The molecule has 0 radical (unpaired) electrons. The number of nitrogens with zero attached hydrogens (tertiary/aromatic N) is 1. The van der Waals surface area contributed by atoms with E-state index in [2.05, 4.69) is 5.32 Å². The lowest BCUT2D eigenvalue weighted by molar-refractivity contribution is -0.0254. The van der Waals surface area contributed by atoms with Gasteiger partial charge in [-0.3, -0.25) is 4.90 Å². The molecule has 2 fully saturated rings. The molecule has 2 saturated heterocycles. The first-order valence-corrected chi connectivity index (χ1v) is 9.41. The van der Waals surface area contributed by atoms with Crippen LogP contribution in [0, 0.1) is 0 Å². The summed E-state index contributed by atoms with van der Waals surface area (Å²) in [5, 5.41) is 13.2. The molecule has 2 N–H and O–H groups in total. The van der Waals surface area contributed by atoms with E-state index >= 15 is 0 Å². The summed E-state index contributed by atoms with van der Waals surface area (Å²) >= 11 is 0. The molecule has 4 unspecified atom stereocenters. The van der Waals surface area contributed by atoms with Gasteiger partial charge in [-0.1, -0.05) is 30.3 Å². The highest BCUT2D eigenvalue weighted by atomic mass is 16.6. The van der Waals surface area contributed by atoms with E-state index in [1.54, 1.807) is 4.90 Å². The Labute approximate surface area is 159 Å². The van der Waals surface area contributed by atoms with Crippen LogP contribution in [0.3, 0.4) is 0 Å². The Kier molecular flexibility index (Phi) is 5.60. The van der Waals surface area contributed by atoms with Gasteiger partial charge in [0.15, 0.2) is 0 Å². The molecule has 7 nitrogen and oxygen atoms in total. The lowest BCUT2D eigenvalue weighted by Crippen LogP contribution is -2.62. The number of aliphatic hydroxyl groups excluding tert-OH is 1. The molecule has 2 heterocycles. The Morgan fingerprint density at radius 2 is 1.93 bits per heavy atom. The number of alkyl carbamates (subject to hydrolysis) is 1. The number of aliphatic hydroxyl groups is 1. The molecule has 0 aromatic heterocycles. The van der Waals surface area contributed by atoms with Gasteiger partial charge in [0.1, 0.15) is 12.2 Å². The number of rotatable bonds is 3. The highest BCUT2D eigenvalue weighted by Crippen LogP contribution is 2.37. The summed E-state index contributed by atoms with van der Waals surface area (Å²) in [6, 6.07) is 8.46. The van der Waals surface area contributed by atoms with Crippen molar-refractivity contribution in [1.29, 1.82) is 0 Å². The van der Waals surface area contributed by atoms with Gasteiger partial charge in [-0.15, -0.1) is 0 Å². The molecule has 1 aromatic carbocycles. The van der Waals surface area contributed by atoms with Crippen LogP contribution in [0.2, 0.25) is 0 Å². The summed E-state index contributed by atoms with van der Waals surface area (Å²) in [5.74, 6) is 0. The summed E-state index contributed by atoms with van der Waals surface area (Å²) in [7, 11) is 0. The van der Waals surface area contributed by atoms with E-state index in [1.165, 1.54) is 0 Å². The summed E-state index contributed by atoms with van der Waals surface area (Å²) in [4.78, 5) is 26.5. The number of piperidine rings is 1. The first-order valence-electron chi connectivity index (χ1n) is 9.41. The van der Waals surface area contributed by atoms with E-state index in [0.29, 0.717) is 12.8 Å². The fourth-order valence-electron chi connectivity index (χ4n) is 3.87. The van der Waals surface area contributed by atoms with Gasteiger partial charge in [-0.2, -0.15) is 0 Å². The minimum absolute atomic E-state index is 0.0572. The zero-order valence-electron chi connectivity index (χ0n) is 16.1. The predicted molar refractivity (Wildman–Crippen MR) is 99.1 cm³/mol. The van der Waals surface area contributed by atoms with Crippen LogP contribution in [-0.2, 0) is 16.1 Å². The summed E-state index contributed by atoms with van der Waals surface area (Å²) in [5.41, 5.74) is 0.289. The third kappa shape index (κ3) is 4.71. The van der Waals surface area contributed by atoms with E-state index in [4.69, 9.17) is 9.47 Å². The second-order valence-corrected chi connectivity index (χ2v) is 8.22. The quantitative estimate of drug-likeness (QED) is 0.847. The maximum atomic E-state index is 12.6. The Hall–Kier alpha value is -2.28. The van der Waals surface area contributed by atoms with Crippen molar-refractivity contribution in [3.63, 3.8) is 0 Å². The van der Waals surface area contributed by atoms with Crippen molar-refractivity contribution in [3.8, 4) is 0 Å². The van der Waals surface area contributed by atoms with Crippen molar-refractivity contribution in [1.82, 2.24) is 10.2 Å². The topological polar surface area (TPSA) is 88.1 Å². The maximum absolute atomic E-state index is 12.6. The van der Waals surface area contributed by atoms with Crippen LogP contribution in [0.4, 0.5) is 9.59 Å². The Balaban J connectivity index is 1.62. The van der Waals surface area contributed by atoms with Crippen LogP contribution in [0.1, 0.15) is 45.6 Å². The molecule has 1 aromatic rings. The molecule has 4 atom stereocenters. The molecule has 2 bridgehead atoms. The highest BCUT2D eigenvalue weighted by molar-refractivity contribution is 5.71. The first-order chi connectivity index (χ1) is 12.7. The molecular weight excluding hydrogens is 348 g/mol. The minimum atomic E-state index is -0.717. The molecule has 2 aliphatic rings. The van der Waals surface area contributed by atoms with Crippen LogP contribution < -0.4 is 5.32 Å². The largest absolute Gasteiger partial charge is 0.445 e. The standard InChI is InChI=1S/C20H28N2O5/c1-20(2,3)27-19(25)22-14-9-10-15(22)17(16(23)11-14)21-18(24)26-12-13-7-5-4-6-8-13/h4-8,14-17,23H,9-12H2,1-3H3,(H,21,24). The third-order valence-electron chi connectivity index (χ3n) is 4.99. The van der Waals surface area contributed by atoms with Crippen LogP contribution in [0.5, 0.6) is 0 Å². The number of ether oxygens (including phenoxy) is 2. The second-order valence-electron chi connectivity index (χ2n) is 8.22. The van der Waals surface area contributed by atoms with Gasteiger partial charge in [-0.25, -0.2) is 9.59 Å². The van der Waals surface area contributed by atoms with Gasteiger partial charge in [0.25, 0.3) is 0 Å². The lowest BCUT2D eigenvalue weighted by atomic mass is 9.94. The van der Waals surface area contributed by atoms with E-state index in [9.17, 15) is 14.7 Å². The Morgan fingerprint density at radius 3 is 2.59 bits per heavy atom. The van der Waals surface area contributed by atoms with Crippen LogP contribution in [0.25, 0.3) is 0 Å². The van der Waals surface area contributed by atoms with Gasteiger partial charge in [-0.05, 0) is 45.6 Å². The molecule has 7 heteroatoms. The van der Waals surface area contributed by atoms with Gasteiger partial charge in [0.05, 0.1) is 18.2 Å². The average Bonchev–Trinajstić information content (AvgIpc) is 2.93. The number of nitrogens with one attached hydrogen (secondary N) is 1. The highest BCUT2D eigenvalue weighted by Gasteiger charge is 2.50. The predicted octanol–water partition coefficient (Wildman–Crippen LogP) is 2.81. The van der Waals surface area contributed by atoms with Crippen molar-refractivity contribution in [3.05, 3.63) is 35.9 Å². The fraction of sp³-hybridized carbons (Fsp3) is 0.600. The number of carbonyl (C=O) groups is 2. The zero-order valence-corrected chi connectivity index (χ0v) is 16.1. The molecule has 148 valence electrons. The van der Waals surface area contributed by atoms with Crippen molar-refractivity contribution in [2.75, 3.05) is 0 Å². The van der Waals surface area contributed by atoms with E-state index in [1.807, 2.05) is 51.1 Å². The maximum Gasteiger partial charge on any atom is 0.410 e. The van der Waals surface area contributed by atoms with Crippen molar-refractivity contribution >= 4 is 12.2 Å². The normalized spacial score (nSPS) is 27.2. The SMILES string of the molecule is CC(C)(C)OC(=O)N1C2CCC1C(NC(=O)OCc1ccccc1)C(O)C2. The molecule has 27 heavy (non-hydrogen) atoms. The van der Waals surface area contributed by atoms with E-state index < -0.39 is 29.9 Å². The number of fused-ring (bicyclic) bond motifs is 2. The summed E-state index contributed by atoms with van der Waals surface area (Å²) in [6.07, 6.45) is 0.205. The molecule has 0 saturated carbocycles. The second kappa shape index (κ2) is 7.76. The molecule has 0 spiro atoms. The minimum Gasteiger partial charge on any atom is -0.445 e. The number of hydrogen-bond acceptors (Lipinski definition) is 5. The average molecular weight is 376 g/mol. The summed E-state index contributed by atoms with van der Waals surface area (Å²) in [6.45, 7) is 5.62. The van der Waals surface area contributed by atoms with Gasteiger partial charge in [0, 0.05) is 6.04 Å². The fourth-order valence-corrected chi connectivity index (χ4v) is 3.87. The third-order valence-corrected chi connectivity index (χ3v) is 4.99. The van der Waals surface area contributed by atoms with Crippen LogP contribution in [0.15, 0.2) is 30.3 Å². The lowest BCUT2D eigenvalue weighted by Gasteiger charge is -2.42. The van der Waals surface area contributed by atoms with Crippen molar-refractivity contribution in [2.24, 2.45) is 0 Å². The number of benzene rings is 1. The Morgan fingerprint density at radius 1 is 1.22 bits per heavy atom. The first kappa shape index (κ1) is 19.5. The summed E-state index contributed by atoms with van der Waals surface area (Å²) < 4.78 is 10.8. The van der Waals surface area contributed by atoms with Crippen LogP contribution >= 0.6 is 0 Å². The number of amides is 2. The van der Waals surface area contributed by atoms with Gasteiger partial charge in [0.2, 0.25) is 0 Å². The molecule has 2 amide bonds. The van der Waals surface area contributed by atoms with Gasteiger partial charge < -0.3 is 19.9 Å². The molecule has 0 aliphatic carbocycles. The molecule has 2 aliphatic heterocycles. The van der Waals surface area contributed by atoms with E-state index in [0.717, 1.165) is 12.0 Å². The van der Waals surface area contributed by atoms with Crippen LogP contribution in [-0.4, -0.2) is 52.0 Å². The molecule has 3 rings (SSSR count).